The van der Waals surface area contributed by atoms with Gasteiger partial charge in [0.25, 0.3) is 0 Å². The summed E-state index contributed by atoms with van der Waals surface area (Å²) in [6.45, 7) is -0.449. The highest BCUT2D eigenvalue weighted by atomic mass is 19.1. The highest BCUT2D eigenvalue weighted by Gasteiger charge is 2.44. The average molecular weight is 360 g/mol. The number of aliphatic hydroxyl groups is 3. The molecule has 0 unspecified atom stereocenters. The summed E-state index contributed by atoms with van der Waals surface area (Å²) in [5.74, 6) is -0.313. The Kier molecular flexibility index (Phi) is 4.08. The lowest BCUT2D eigenvalue weighted by atomic mass is 10.0. The van der Waals surface area contributed by atoms with Gasteiger partial charge in [-0.15, -0.1) is 0 Å². The van der Waals surface area contributed by atoms with E-state index in [1.807, 2.05) is 0 Å². The molecule has 0 saturated carbocycles. The highest BCUT2D eigenvalue weighted by molar-refractivity contribution is 5.88. The van der Waals surface area contributed by atoms with Crippen molar-refractivity contribution in [1.82, 2.24) is 14.6 Å². The number of anilines is 1. The van der Waals surface area contributed by atoms with Gasteiger partial charge in [0.2, 0.25) is 0 Å². The van der Waals surface area contributed by atoms with Gasteiger partial charge in [-0.3, -0.25) is 0 Å². The van der Waals surface area contributed by atoms with Crippen LogP contribution in [-0.2, 0) is 4.74 Å². The van der Waals surface area contributed by atoms with E-state index in [9.17, 15) is 19.7 Å². The molecule has 1 aliphatic rings. The predicted octanol–water partition coefficient (Wildman–Crippen LogP) is 0.272. The van der Waals surface area contributed by atoms with Gasteiger partial charge in [0.15, 0.2) is 5.82 Å². The van der Waals surface area contributed by atoms with Gasteiger partial charge in [0, 0.05) is 11.1 Å². The van der Waals surface area contributed by atoms with Crippen LogP contribution in [0.15, 0.2) is 36.7 Å². The predicted molar refractivity (Wildman–Crippen MR) is 89.5 cm³/mol. The smallest absolute Gasteiger partial charge is 0.151 e. The molecule has 0 bridgehead atoms. The second kappa shape index (κ2) is 6.29. The minimum Gasteiger partial charge on any atom is -0.394 e. The van der Waals surface area contributed by atoms with Crippen molar-refractivity contribution in [2.75, 3.05) is 12.3 Å². The normalized spacial score (nSPS) is 25.8. The molecule has 3 heterocycles. The van der Waals surface area contributed by atoms with E-state index >= 15 is 0 Å². The van der Waals surface area contributed by atoms with E-state index in [1.54, 1.807) is 24.3 Å². The van der Waals surface area contributed by atoms with Crippen LogP contribution >= 0.6 is 0 Å². The van der Waals surface area contributed by atoms with Crippen LogP contribution < -0.4 is 5.73 Å². The summed E-state index contributed by atoms with van der Waals surface area (Å²) in [5.41, 5.74) is 7.46. The molecule has 3 aromatic rings. The standard InChI is InChI=1S/C17H17FN4O4/c18-10-4-2-1-3-8(10)9-5-11(22-13(9)17(19)20-7-21-22)16-15(25)14(24)12(6-23)26-16/h1-5,7,12,14-16,23-25H,6H2,(H2,19,20,21)/t12-,14-,15-,16+/m1/s1. The zero-order chi connectivity index (χ0) is 18.4. The van der Waals surface area contributed by atoms with Crippen LogP contribution in [0.4, 0.5) is 10.2 Å². The number of halogens is 1. The number of hydrogen-bond acceptors (Lipinski definition) is 7. The van der Waals surface area contributed by atoms with E-state index < -0.39 is 36.8 Å². The van der Waals surface area contributed by atoms with Crippen molar-refractivity contribution in [3.05, 3.63) is 48.2 Å². The van der Waals surface area contributed by atoms with Crippen LogP contribution in [0.1, 0.15) is 11.8 Å². The summed E-state index contributed by atoms with van der Waals surface area (Å²) in [7, 11) is 0. The maximum Gasteiger partial charge on any atom is 0.151 e. The first-order valence-corrected chi connectivity index (χ1v) is 8.02. The van der Waals surface area contributed by atoms with Crippen LogP contribution in [0.25, 0.3) is 16.6 Å². The number of aromatic nitrogens is 3. The fourth-order valence-corrected chi connectivity index (χ4v) is 3.32. The average Bonchev–Trinajstić information content (AvgIpc) is 3.15. The van der Waals surface area contributed by atoms with Crippen LogP contribution in [0, 0.1) is 5.82 Å². The third-order valence-corrected chi connectivity index (χ3v) is 4.61. The van der Waals surface area contributed by atoms with Gasteiger partial charge >= 0.3 is 0 Å². The first kappa shape index (κ1) is 16.9. The number of fused-ring (bicyclic) bond motifs is 1. The van der Waals surface area contributed by atoms with E-state index in [0.29, 0.717) is 22.3 Å². The number of nitrogens with zero attached hydrogens (tertiary/aromatic N) is 3. The Morgan fingerprint density at radius 1 is 1.19 bits per heavy atom. The quantitative estimate of drug-likeness (QED) is 0.528. The molecular weight excluding hydrogens is 343 g/mol. The summed E-state index contributed by atoms with van der Waals surface area (Å²) in [4.78, 5) is 3.96. The molecule has 1 fully saturated rings. The first-order valence-electron chi connectivity index (χ1n) is 8.02. The fraction of sp³-hybridized carbons (Fsp3) is 0.294. The van der Waals surface area contributed by atoms with Gasteiger partial charge in [-0.2, -0.15) is 5.10 Å². The lowest BCUT2D eigenvalue weighted by Gasteiger charge is -2.14. The van der Waals surface area contributed by atoms with Crippen LogP contribution in [0.2, 0.25) is 0 Å². The Morgan fingerprint density at radius 2 is 1.96 bits per heavy atom. The topological polar surface area (TPSA) is 126 Å². The van der Waals surface area contributed by atoms with Gasteiger partial charge in [-0.25, -0.2) is 13.9 Å². The van der Waals surface area contributed by atoms with Crippen molar-refractivity contribution in [3.8, 4) is 11.1 Å². The van der Waals surface area contributed by atoms with Gasteiger partial charge in [-0.1, -0.05) is 18.2 Å². The fourth-order valence-electron chi connectivity index (χ4n) is 3.32. The lowest BCUT2D eigenvalue weighted by molar-refractivity contribution is -0.0244. The second-order valence-electron chi connectivity index (χ2n) is 6.13. The molecule has 0 aliphatic carbocycles. The van der Waals surface area contributed by atoms with Gasteiger partial charge in [0.1, 0.15) is 42.1 Å². The Bertz CT molecular complexity index is 963. The van der Waals surface area contributed by atoms with Gasteiger partial charge < -0.3 is 25.8 Å². The summed E-state index contributed by atoms with van der Waals surface area (Å²) < 4.78 is 21.3. The Balaban J connectivity index is 1.93. The van der Waals surface area contributed by atoms with Crippen molar-refractivity contribution in [1.29, 1.82) is 0 Å². The van der Waals surface area contributed by atoms with Crippen molar-refractivity contribution < 1.29 is 24.4 Å². The number of hydrogen-bond donors (Lipinski definition) is 4. The van der Waals surface area contributed by atoms with E-state index in [2.05, 4.69) is 10.1 Å². The molecule has 8 nitrogen and oxygen atoms in total. The second-order valence-corrected chi connectivity index (χ2v) is 6.13. The molecule has 4 atom stereocenters. The Hall–Kier alpha value is -2.59. The SMILES string of the molecule is Nc1ncnn2c([C@@H]3O[C@H](CO)[C@@H](O)[C@H]3O)cc(-c3ccccc3F)c12. The Labute approximate surface area is 147 Å². The van der Waals surface area contributed by atoms with Crippen LogP contribution in [-0.4, -0.2) is 54.8 Å². The largest absolute Gasteiger partial charge is 0.394 e. The number of benzene rings is 1. The third kappa shape index (κ3) is 2.44. The van der Waals surface area contributed by atoms with E-state index in [4.69, 9.17) is 10.5 Å². The minimum absolute atomic E-state index is 0.135. The van der Waals surface area contributed by atoms with Crippen molar-refractivity contribution in [2.24, 2.45) is 0 Å². The molecule has 1 saturated heterocycles. The zero-order valence-corrected chi connectivity index (χ0v) is 13.5. The number of aliphatic hydroxyl groups excluding tert-OH is 3. The molecule has 1 aliphatic heterocycles. The van der Waals surface area contributed by atoms with E-state index in [-0.39, 0.29) is 5.82 Å². The molecule has 5 N–H and O–H groups in total. The number of rotatable bonds is 3. The molecule has 1 aromatic carbocycles. The minimum atomic E-state index is -1.28. The van der Waals surface area contributed by atoms with Crippen molar-refractivity contribution in [3.63, 3.8) is 0 Å². The number of nitrogens with two attached hydrogens (primary N) is 1. The van der Waals surface area contributed by atoms with Gasteiger partial charge in [-0.05, 0) is 12.1 Å². The summed E-state index contributed by atoms with van der Waals surface area (Å²) >= 11 is 0. The molecule has 0 amide bonds. The summed E-state index contributed by atoms with van der Waals surface area (Å²) in [6, 6.07) is 7.78. The molecule has 4 rings (SSSR count). The molecular formula is C17H17FN4O4. The van der Waals surface area contributed by atoms with E-state index in [0.717, 1.165) is 0 Å². The molecule has 2 aromatic heterocycles. The molecule has 9 heteroatoms. The first-order chi connectivity index (χ1) is 12.5. The van der Waals surface area contributed by atoms with Crippen LogP contribution in [0.3, 0.4) is 0 Å². The zero-order valence-electron chi connectivity index (χ0n) is 13.5. The maximum absolute atomic E-state index is 14.3. The molecule has 0 radical (unpaired) electrons. The summed E-state index contributed by atoms with van der Waals surface area (Å²) in [5, 5.41) is 33.8. The summed E-state index contributed by atoms with van der Waals surface area (Å²) in [6.07, 6.45) is -3.21. The molecule has 136 valence electrons. The number of nitrogen functional groups attached to an aromatic ring is 1. The van der Waals surface area contributed by atoms with Crippen LogP contribution in [0.5, 0.6) is 0 Å². The lowest BCUT2D eigenvalue weighted by Crippen LogP contribution is -2.32. The number of ether oxygens (including phenoxy) is 1. The van der Waals surface area contributed by atoms with Crippen molar-refractivity contribution >= 4 is 11.3 Å². The maximum atomic E-state index is 14.3. The monoisotopic (exact) mass is 360 g/mol. The Morgan fingerprint density at radius 3 is 2.65 bits per heavy atom. The third-order valence-electron chi connectivity index (χ3n) is 4.61. The highest BCUT2D eigenvalue weighted by Crippen LogP contribution is 2.39. The van der Waals surface area contributed by atoms with E-state index in [1.165, 1.54) is 16.9 Å². The molecule has 0 spiro atoms. The van der Waals surface area contributed by atoms with Gasteiger partial charge in [0.05, 0.1) is 12.3 Å². The van der Waals surface area contributed by atoms with Crippen molar-refractivity contribution in [2.45, 2.75) is 24.4 Å². The molecule has 26 heavy (non-hydrogen) atoms.